The molecule has 0 saturated heterocycles. The Morgan fingerprint density at radius 3 is 2.67 bits per heavy atom. The van der Waals surface area contributed by atoms with Crippen LogP contribution >= 0.6 is 11.6 Å². The van der Waals surface area contributed by atoms with Crippen molar-refractivity contribution in [2.24, 2.45) is 0 Å². The van der Waals surface area contributed by atoms with Gasteiger partial charge in [-0.3, -0.25) is 19.6 Å². The van der Waals surface area contributed by atoms with Crippen molar-refractivity contribution < 1.29 is 14.5 Å². The van der Waals surface area contributed by atoms with Gasteiger partial charge in [0.25, 0.3) is 5.91 Å². The van der Waals surface area contributed by atoms with Crippen molar-refractivity contribution in [1.82, 2.24) is 19.6 Å². The molecule has 33 heavy (non-hydrogen) atoms. The summed E-state index contributed by atoms with van der Waals surface area (Å²) in [6.45, 7) is 2.34. The van der Waals surface area contributed by atoms with Gasteiger partial charge in [-0.1, -0.05) is 35.9 Å². The Hall–Kier alpha value is -4.18. The molecule has 0 aliphatic rings. The molecule has 0 aliphatic carbocycles. The first-order valence-electron chi connectivity index (χ1n) is 9.89. The molecular weight excluding hydrogens is 448 g/mol. The molecule has 1 amide bonds. The van der Waals surface area contributed by atoms with E-state index < -0.39 is 10.8 Å². The number of halogens is 1. The molecule has 0 fully saturated rings. The highest BCUT2D eigenvalue weighted by molar-refractivity contribution is 6.30. The normalized spacial score (nSPS) is 10.7. The number of nitro benzene ring substituents is 1. The SMILES string of the molecule is Cc1cc(NC(=O)c2ccn(COc3ccccc3[N+](=O)[O-])n2)nn1Cc1ccc(Cl)cc1. The molecule has 0 atom stereocenters. The molecule has 0 aliphatic heterocycles. The zero-order valence-corrected chi connectivity index (χ0v) is 18.3. The number of nitrogens with one attached hydrogen (secondary N) is 1. The summed E-state index contributed by atoms with van der Waals surface area (Å²) in [5.41, 5.74) is 1.92. The van der Waals surface area contributed by atoms with Crippen LogP contribution in [-0.2, 0) is 13.3 Å². The van der Waals surface area contributed by atoms with E-state index >= 15 is 0 Å². The van der Waals surface area contributed by atoms with Crippen molar-refractivity contribution in [3.05, 3.63) is 98.9 Å². The Morgan fingerprint density at radius 2 is 1.91 bits per heavy atom. The fourth-order valence-corrected chi connectivity index (χ4v) is 3.22. The molecule has 11 heteroatoms. The largest absolute Gasteiger partial charge is 0.464 e. The van der Waals surface area contributed by atoms with E-state index in [1.807, 2.05) is 31.2 Å². The number of amides is 1. The van der Waals surface area contributed by atoms with E-state index in [2.05, 4.69) is 15.5 Å². The molecule has 10 nitrogen and oxygen atoms in total. The molecule has 2 aromatic carbocycles. The average Bonchev–Trinajstić information content (AvgIpc) is 3.40. The van der Waals surface area contributed by atoms with E-state index in [-0.39, 0.29) is 23.9 Å². The quantitative estimate of drug-likeness (QED) is 0.306. The van der Waals surface area contributed by atoms with Gasteiger partial charge in [0.15, 0.2) is 24.0 Å². The highest BCUT2D eigenvalue weighted by Crippen LogP contribution is 2.26. The molecule has 168 valence electrons. The zero-order chi connectivity index (χ0) is 23.4. The number of aryl methyl sites for hydroxylation is 1. The van der Waals surface area contributed by atoms with Crippen LogP contribution in [0.2, 0.25) is 5.02 Å². The minimum absolute atomic E-state index is 0.0903. The molecule has 0 saturated carbocycles. The van der Waals surface area contributed by atoms with Crippen molar-refractivity contribution in [2.45, 2.75) is 20.2 Å². The molecule has 2 aromatic heterocycles. The summed E-state index contributed by atoms with van der Waals surface area (Å²) in [5.74, 6) is 0.0819. The van der Waals surface area contributed by atoms with Crippen LogP contribution in [0.4, 0.5) is 11.5 Å². The van der Waals surface area contributed by atoms with Crippen LogP contribution in [0.1, 0.15) is 21.7 Å². The number of carbonyl (C=O) groups excluding carboxylic acids is 1. The second-order valence-corrected chi connectivity index (χ2v) is 7.58. The summed E-state index contributed by atoms with van der Waals surface area (Å²) in [7, 11) is 0. The summed E-state index contributed by atoms with van der Waals surface area (Å²) in [5, 5.41) is 23.1. The lowest BCUT2D eigenvalue weighted by molar-refractivity contribution is -0.386. The Morgan fingerprint density at radius 1 is 1.15 bits per heavy atom. The maximum Gasteiger partial charge on any atom is 0.311 e. The van der Waals surface area contributed by atoms with Gasteiger partial charge in [0.2, 0.25) is 0 Å². The van der Waals surface area contributed by atoms with Gasteiger partial charge in [-0.05, 0) is 36.8 Å². The molecule has 0 spiro atoms. The zero-order valence-electron chi connectivity index (χ0n) is 17.5. The van der Waals surface area contributed by atoms with Crippen molar-refractivity contribution in [2.75, 3.05) is 5.32 Å². The van der Waals surface area contributed by atoms with Gasteiger partial charge >= 0.3 is 5.69 Å². The summed E-state index contributed by atoms with van der Waals surface area (Å²) in [6, 6.07) is 16.8. The number of hydrogen-bond acceptors (Lipinski definition) is 6. The highest BCUT2D eigenvalue weighted by atomic mass is 35.5. The number of anilines is 1. The van der Waals surface area contributed by atoms with E-state index in [0.29, 0.717) is 17.4 Å². The van der Waals surface area contributed by atoms with Gasteiger partial charge in [-0.2, -0.15) is 10.2 Å². The fourth-order valence-electron chi connectivity index (χ4n) is 3.09. The van der Waals surface area contributed by atoms with E-state index in [0.717, 1.165) is 11.3 Å². The lowest BCUT2D eigenvalue weighted by Gasteiger charge is -2.06. The first-order valence-corrected chi connectivity index (χ1v) is 10.3. The Bertz CT molecular complexity index is 1300. The molecule has 1 N–H and O–H groups in total. The number of carbonyl (C=O) groups is 1. The lowest BCUT2D eigenvalue weighted by Crippen LogP contribution is -2.15. The number of benzene rings is 2. The minimum atomic E-state index is -0.522. The fraction of sp³-hybridized carbons (Fsp3) is 0.136. The third-order valence-electron chi connectivity index (χ3n) is 4.76. The average molecular weight is 467 g/mol. The van der Waals surface area contributed by atoms with E-state index in [4.69, 9.17) is 16.3 Å². The molecule has 0 radical (unpaired) electrons. The summed E-state index contributed by atoms with van der Waals surface area (Å²) in [6.07, 6.45) is 1.55. The maximum atomic E-state index is 12.6. The number of nitrogens with zero attached hydrogens (tertiary/aromatic N) is 5. The monoisotopic (exact) mass is 466 g/mol. The van der Waals surface area contributed by atoms with E-state index in [1.54, 1.807) is 29.1 Å². The van der Waals surface area contributed by atoms with Crippen LogP contribution in [-0.4, -0.2) is 30.4 Å². The van der Waals surface area contributed by atoms with Gasteiger partial charge < -0.3 is 10.1 Å². The van der Waals surface area contributed by atoms with Crippen molar-refractivity contribution >= 4 is 29.0 Å². The van der Waals surface area contributed by atoms with Crippen LogP contribution in [0, 0.1) is 17.0 Å². The number of ether oxygens (including phenoxy) is 1. The van der Waals surface area contributed by atoms with Crippen molar-refractivity contribution in [3.8, 4) is 5.75 Å². The number of aromatic nitrogens is 4. The lowest BCUT2D eigenvalue weighted by atomic mass is 10.2. The Kier molecular flexibility index (Phi) is 6.36. The van der Waals surface area contributed by atoms with E-state index in [1.165, 1.54) is 22.9 Å². The number of nitro groups is 1. The van der Waals surface area contributed by atoms with Gasteiger partial charge in [0.05, 0.1) is 11.5 Å². The van der Waals surface area contributed by atoms with Gasteiger partial charge in [-0.25, -0.2) is 4.68 Å². The number of hydrogen-bond donors (Lipinski definition) is 1. The smallest absolute Gasteiger partial charge is 0.311 e. The Labute approximate surface area is 193 Å². The van der Waals surface area contributed by atoms with Crippen LogP contribution in [0.15, 0.2) is 66.9 Å². The summed E-state index contributed by atoms with van der Waals surface area (Å²) in [4.78, 5) is 23.1. The maximum absolute atomic E-state index is 12.6. The third kappa shape index (κ3) is 5.36. The highest BCUT2D eigenvalue weighted by Gasteiger charge is 2.16. The predicted octanol–water partition coefficient (Wildman–Crippen LogP) is 4.29. The molecule has 4 aromatic rings. The topological polar surface area (TPSA) is 117 Å². The first-order chi connectivity index (χ1) is 15.9. The standard InChI is InChI=1S/C22H19ClN6O4/c1-15-12-21(26-28(15)13-16-6-8-17(23)9-7-16)24-22(30)18-10-11-27(25-18)14-33-20-5-3-2-4-19(20)29(31)32/h2-12H,13-14H2,1H3,(H,24,26,30). The van der Waals surface area contributed by atoms with Crippen LogP contribution < -0.4 is 10.1 Å². The van der Waals surface area contributed by atoms with Crippen molar-refractivity contribution in [3.63, 3.8) is 0 Å². The van der Waals surface area contributed by atoms with Gasteiger partial charge in [0, 0.05) is 29.0 Å². The predicted molar refractivity (Wildman–Crippen MR) is 121 cm³/mol. The molecule has 0 bridgehead atoms. The Balaban J connectivity index is 1.38. The first kappa shape index (κ1) is 22.0. The van der Waals surface area contributed by atoms with Crippen molar-refractivity contribution in [1.29, 1.82) is 0 Å². The molecule has 4 rings (SSSR count). The van der Waals surface area contributed by atoms with Crippen LogP contribution in [0.5, 0.6) is 5.75 Å². The van der Waals surface area contributed by atoms with Crippen LogP contribution in [0.25, 0.3) is 0 Å². The third-order valence-corrected chi connectivity index (χ3v) is 5.01. The summed E-state index contributed by atoms with van der Waals surface area (Å²) >= 11 is 5.93. The molecule has 2 heterocycles. The van der Waals surface area contributed by atoms with Crippen LogP contribution in [0.3, 0.4) is 0 Å². The van der Waals surface area contributed by atoms with Gasteiger partial charge in [-0.15, -0.1) is 0 Å². The minimum Gasteiger partial charge on any atom is -0.464 e. The molecular formula is C22H19ClN6O4. The summed E-state index contributed by atoms with van der Waals surface area (Å²) < 4.78 is 8.63. The van der Waals surface area contributed by atoms with E-state index in [9.17, 15) is 14.9 Å². The number of para-hydroxylation sites is 2. The second-order valence-electron chi connectivity index (χ2n) is 7.15. The van der Waals surface area contributed by atoms with Gasteiger partial charge in [0.1, 0.15) is 0 Å². The second kappa shape index (κ2) is 9.53. The molecule has 0 unspecified atom stereocenters. The number of rotatable bonds is 8.